The molecule has 2 N–H and O–H groups in total. The molecule has 1 aliphatic heterocycles. The summed E-state index contributed by atoms with van der Waals surface area (Å²) in [5.74, 6) is 1.37. The van der Waals surface area contributed by atoms with Crippen LogP contribution < -0.4 is 10.6 Å². The summed E-state index contributed by atoms with van der Waals surface area (Å²) in [7, 11) is 0. The van der Waals surface area contributed by atoms with Gasteiger partial charge in [0.1, 0.15) is 0 Å². The van der Waals surface area contributed by atoms with Crippen LogP contribution >= 0.6 is 0 Å². The molecule has 0 radical (unpaired) electrons. The van der Waals surface area contributed by atoms with Gasteiger partial charge in [0.2, 0.25) is 5.91 Å². The van der Waals surface area contributed by atoms with Gasteiger partial charge in [0.25, 0.3) is 0 Å². The molecule has 0 aromatic rings. The van der Waals surface area contributed by atoms with E-state index in [0.29, 0.717) is 18.5 Å². The second-order valence-electron chi connectivity index (χ2n) is 6.82. The van der Waals surface area contributed by atoms with E-state index in [1.54, 1.807) is 0 Å². The van der Waals surface area contributed by atoms with Gasteiger partial charge in [-0.05, 0) is 58.5 Å². The molecule has 1 fully saturated rings. The fraction of sp³-hybridized carbons (Fsp3) is 0.938. The largest absolute Gasteiger partial charge is 0.352 e. The predicted octanol–water partition coefficient (Wildman–Crippen LogP) is 1.86. The molecule has 0 bridgehead atoms. The van der Waals surface area contributed by atoms with E-state index in [1.807, 2.05) is 0 Å². The van der Waals surface area contributed by atoms with Gasteiger partial charge in [-0.1, -0.05) is 13.8 Å². The molecule has 1 rings (SSSR count). The summed E-state index contributed by atoms with van der Waals surface area (Å²) in [6.45, 7) is 14.5. The van der Waals surface area contributed by atoms with E-state index in [1.165, 1.54) is 12.8 Å². The highest BCUT2D eigenvalue weighted by Crippen LogP contribution is 2.15. The summed E-state index contributed by atoms with van der Waals surface area (Å²) in [5.41, 5.74) is 0. The number of carbonyl (C=O) groups is 1. The van der Waals surface area contributed by atoms with Gasteiger partial charge in [-0.3, -0.25) is 9.69 Å². The number of nitrogens with one attached hydrogen (secondary N) is 2. The second-order valence-corrected chi connectivity index (χ2v) is 6.82. The van der Waals surface area contributed by atoms with Crippen LogP contribution in [0.3, 0.4) is 0 Å². The Morgan fingerprint density at radius 2 is 1.80 bits per heavy atom. The highest BCUT2D eigenvalue weighted by atomic mass is 16.2. The normalized spacial score (nSPS) is 18.8. The van der Waals surface area contributed by atoms with Crippen molar-refractivity contribution in [2.75, 3.05) is 26.2 Å². The molecular weight excluding hydrogens is 250 g/mol. The van der Waals surface area contributed by atoms with Crippen molar-refractivity contribution in [3.8, 4) is 0 Å². The third-order valence-electron chi connectivity index (χ3n) is 4.42. The average Bonchev–Trinajstić information content (AvgIpc) is 2.38. The van der Waals surface area contributed by atoms with Crippen molar-refractivity contribution < 1.29 is 4.79 Å². The maximum Gasteiger partial charge on any atom is 0.234 e. The summed E-state index contributed by atoms with van der Waals surface area (Å²) in [6.07, 6.45) is 2.46. The number of rotatable bonds is 7. The number of hydrogen-bond donors (Lipinski definition) is 2. The standard InChI is InChI=1S/C16H33N3O/c1-12(2)14(5)18-16(20)11-19(13(3)4)10-15-6-8-17-9-7-15/h12-15,17H,6-11H2,1-5H3,(H,18,20). The summed E-state index contributed by atoms with van der Waals surface area (Å²) in [4.78, 5) is 14.5. The van der Waals surface area contributed by atoms with Crippen molar-refractivity contribution in [1.82, 2.24) is 15.5 Å². The maximum atomic E-state index is 12.1. The van der Waals surface area contributed by atoms with Crippen molar-refractivity contribution in [2.45, 2.75) is 59.5 Å². The van der Waals surface area contributed by atoms with Gasteiger partial charge in [-0.25, -0.2) is 0 Å². The third-order valence-corrected chi connectivity index (χ3v) is 4.42. The first-order valence-corrected chi connectivity index (χ1v) is 8.14. The van der Waals surface area contributed by atoms with Gasteiger partial charge in [-0.15, -0.1) is 0 Å². The lowest BCUT2D eigenvalue weighted by Gasteiger charge is -2.32. The third kappa shape index (κ3) is 6.23. The minimum Gasteiger partial charge on any atom is -0.352 e. The van der Waals surface area contributed by atoms with Crippen LogP contribution in [0.4, 0.5) is 0 Å². The molecule has 1 unspecified atom stereocenters. The molecule has 1 aliphatic rings. The molecule has 1 saturated heterocycles. The second kappa shape index (κ2) is 8.63. The Morgan fingerprint density at radius 1 is 1.20 bits per heavy atom. The summed E-state index contributed by atoms with van der Waals surface area (Å²) >= 11 is 0. The summed E-state index contributed by atoms with van der Waals surface area (Å²) in [5, 5.41) is 6.51. The Morgan fingerprint density at radius 3 is 2.30 bits per heavy atom. The SMILES string of the molecule is CC(C)C(C)NC(=O)CN(CC1CCNCC1)C(C)C. The van der Waals surface area contributed by atoms with Crippen molar-refractivity contribution in [2.24, 2.45) is 11.8 Å². The van der Waals surface area contributed by atoms with Crippen LogP contribution in [0, 0.1) is 11.8 Å². The molecular formula is C16H33N3O. The van der Waals surface area contributed by atoms with Gasteiger partial charge in [0, 0.05) is 18.6 Å². The number of nitrogens with zero attached hydrogens (tertiary/aromatic N) is 1. The first-order valence-electron chi connectivity index (χ1n) is 8.14. The van der Waals surface area contributed by atoms with E-state index in [0.717, 1.165) is 25.6 Å². The predicted molar refractivity (Wildman–Crippen MR) is 84.7 cm³/mol. The Kier molecular flexibility index (Phi) is 7.52. The lowest BCUT2D eigenvalue weighted by molar-refractivity contribution is -0.123. The Labute approximate surface area is 124 Å². The molecule has 4 nitrogen and oxygen atoms in total. The topological polar surface area (TPSA) is 44.4 Å². The molecule has 0 aromatic carbocycles. The van der Waals surface area contributed by atoms with E-state index in [9.17, 15) is 4.79 Å². The van der Waals surface area contributed by atoms with Crippen LogP contribution in [0.5, 0.6) is 0 Å². The zero-order chi connectivity index (χ0) is 15.1. The molecule has 0 spiro atoms. The highest BCUT2D eigenvalue weighted by Gasteiger charge is 2.21. The van der Waals surface area contributed by atoms with Gasteiger partial charge in [-0.2, -0.15) is 0 Å². The molecule has 0 aromatic heterocycles. The monoisotopic (exact) mass is 283 g/mol. The Balaban J connectivity index is 2.43. The van der Waals surface area contributed by atoms with E-state index in [4.69, 9.17) is 0 Å². The molecule has 0 saturated carbocycles. The zero-order valence-corrected chi connectivity index (χ0v) is 13.9. The van der Waals surface area contributed by atoms with Crippen LogP contribution in [0.1, 0.15) is 47.5 Å². The van der Waals surface area contributed by atoms with Crippen molar-refractivity contribution in [3.63, 3.8) is 0 Å². The van der Waals surface area contributed by atoms with Gasteiger partial charge in [0.05, 0.1) is 6.54 Å². The number of piperidine rings is 1. The Bertz CT molecular complexity index is 285. The Hall–Kier alpha value is -0.610. The fourth-order valence-corrected chi connectivity index (χ4v) is 2.50. The molecule has 1 heterocycles. The quantitative estimate of drug-likeness (QED) is 0.749. The molecule has 1 atom stereocenters. The van der Waals surface area contributed by atoms with Crippen LogP contribution in [-0.4, -0.2) is 49.1 Å². The average molecular weight is 283 g/mol. The maximum absolute atomic E-state index is 12.1. The van der Waals surface area contributed by atoms with Gasteiger partial charge in [0.15, 0.2) is 0 Å². The van der Waals surface area contributed by atoms with Crippen LogP contribution in [0.2, 0.25) is 0 Å². The molecule has 1 amide bonds. The van der Waals surface area contributed by atoms with Crippen molar-refractivity contribution >= 4 is 5.91 Å². The van der Waals surface area contributed by atoms with Crippen molar-refractivity contribution in [3.05, 3.63) is 0 Å². The van der Waals surface area contributed by atoms with E-state index < -0.39 is 0 Å². The zero-order valence-electron chi connectivity index (χ0n) is 13.9. The minimum atomic E-state index is 0.161. The number of amides is 1. The van der Waals surface area contributed by atoms with E-state index in [2.05, 4.69) is 50.2 Å². The molecule has 4 heteroatoms. The smallest absolute Gasteiger partial charge is 0.234 e. The molecule has 20 heavy (non-hydrogen) atoms. The first kappa shape index (κ1) is 17.4. The first-order chi connectivity index (χ1) is 9.40. The van der Waals surface area contributed by atoms with Crippen LogP contribution in [0.15, 0.2) is 0 Å². The highest BCUT2D eigenvalue weighted by molar-refractivity contribution is 5.78. The summed E-state index contributed by atoms with van der Waals surface area (Å²) < 4.78 is 0. The van der Waals surface area contributed by atoms with E-state index in [-0.39, 0.29) is 11.9 Å². The van der Waals surface area contributed by atoms with Crippen molar-refractivity contribution in [1.29, 1.82) is 0 Å². The lowest BCUT2D eigenvalue weighted by atomic mass is 9.97. The van der Waals surface area contributed by atoms with Crippen LogP contribution in [-0.2, 0) is 4.79 Å². The van der Waals surface area contributed by atoms with Crippen LogP contribution in [0.25, 0.3) is 0 Å². The van der Waals surface area contributed by atoms with E-state index >= 15 is 0 Å². The number of carbonyl (C=O) groups excluding carboxylic acids is 1. The summed E-state index contributed by atoms with van der Waals surface area (Å²) in [6, 6.07) is 0.667. The lowest BCUT2D eigenvalue weighted by Crippen LogP contribution is -2.47. The fourth-order valence-electron chi connectivity index (χ4n) is 2.50. The van der Waals surface area contributed by atoms with Gasteiger partial charge < -0.3 is 10.6 Å². The number of hydrogen-bond acceptors (Lipinski definition) is 3. The molecule has 0 aliphatic carbocycles. The minimum absolute atomic E-state index is 0.161. The molecule has 118 valence electrons. The van der Waals surface area contributed by atoms with Gasteiger partial charge >= 0.3 is 0 Å².